The number of hydrogen-bond acceptors (Lipinski definition) is 8. The van der Waals surface area contributed by atoms with E-state index in [1.54, 1.807) is 13.0 Å². The first-order valence-electron chi connectivity index (χ1n) is 11.8. The lowest BCUT2D eigenvalue weighted by molar-refractivity contribution is -0.385. The van der Waals surface area contributed by atoms with Gasteiger partial charge in [-0.2, -0.15) is 0 Å². The number of aryl methyl sites for hydroxylation is 3. The number of benzene rings is 3. The van der Waals surface area contributed by atoms with E-state index in [-0.39, 0.29) is 35.2 Å². The van der Waals surface area contributed by atoms with Crippen LogP contribution in [0.2, 0.25) is 0 Å². The summed E-state index contributed by atoms with van der Waals surface area (Å²) >= 11 is 0. The van der Waals surface area contributed by atoms with Crippen molar-refractivity contribution in [2.24, 2.45) is 0 Å². The fraction of sp³-hybridized carbons (Fsp3) is 0.179. The Hall–Kier alpha value is -5.19. The minimum absolute atomic E-state index is 0.0156. The molecule has 11 nitrogen and oxygen atoms in total. The third-order valence-electron chi connectivity index (χ3n) is 5.98. The summed E-state index contributed by atoms with van der Waals surface area (Å²) in [6.07, 6.45) is 0. The minimum atomic E-state index is -0.624. The quantitative estimate of drug-likeness (QED) is 0.180. The smallest absolute Gasteiger partial charge is 0.291 e. The van der Waals surface area contributed by atoms with Crippen molar-refractivity contribution < 1.29 is 28.5 Å². The maximum atomic E-state index is 12.8. The molecule has 11 heteroatoms. The van der Waals surface area contributed by atoms with Crippen molar-refractivity contribution in [3.63, 3.8) is 0 Å². The molecule has 0 aliphatic heterocycles. The molecule has 0 atom stereocenters. The van der Waals surface area contributed by atoms with Gasteiger partial charge in [-0.05, 0) is 74.7 Å². The third kappa shape index (κ3) is 6.39. The number of non-ortho nitro benzene ring substituents is 1. The average Bonchev–Trinajstić information content (AvgIpc) is 3.35. The van der Waals surface area contributed by atoms with Crippen molar-refractivity contribution in [1.82, 2.24) is 0 Å². The van der Waals surface area contributed by atoms with Crippen LogP contribution >= 0.6 is 0 Å². The van der Waals surface area contributed by atoms with Crippen LogP contribution in [-0.4, -0.2) is 15.8 Å². The van der Waals surface area contributed by atoms with Crippen LogP contribution in [0.4, 0.5) is 17.1 Å². The third-order valence-corrected chi connectivity index (χ3v) is 5.98. The van der Waals surface area contributed by atoms with Gasteiger partial charge in [0.1, 0.15) is 29.6 Å². The van der Waals surface area contributed by atoms with Crippen LogP contribution in [0.15, 0.2) is 65.1 Å². The molecule has 0 saturated carbocycles. The molecule has 3 aromatic carbocycles. The van der Waals surface area contributed by atoms with Crippen LogP contribution in [0.3, 0.4) is 0 Å². The molecule has 0 saturated heterocycles. The first-order valence-corrected chi connectivity index (χ1v) is 11.8. The molecule has 1 N–H and O–H groups in total. The number of nitro groups is 2. The molecule has 1 amide bonds. The Balaban J connectivity index is 1.47. The van der Waals surface area contributed by atoms with E-state index in [4.69, 9.17) is 13.9 Å². The highest BCUT2D eigenvalue weighted by Gasteiger charge is 2.17. The molecule has 0 unspecified atom stereocenters. The lowest BCUT2D eigenvalue weighted by atomic mass is 10.1. The summed E-state index contributed by atoms with van der Waals surface area (Å²) in [7, 11) is 0. The second-order valence-corrected chi connectivity index (χ2v) is 8.99. The van der Waals surface area contributed by atoms with Crippen molar-refractivity contribution in [2.45, 2.75) is 34.3 Å². The number of carbonyl (C=O) groups excluding carboxylic acids is 1. The molecule has 0 fully saturated rings. The van der Waals surface area contributed by atoms with Gasteiger partial charge in [0.05, 0.1) is 21.6 Å². The monoisotopic (exact) mass is 531 g/mol. The summed E-state index contributed by atoms with van der Waals surface area (Å²) in [5, 5.41) is 25.1. The van der Waals surface area contributed by atoms with Gasteiger partial charge in [-0.25, -0.2) is 0 Å². The highest BCUT2D eigenvalue weighted by Crippen LogP contribution is 2.33. The van der Waals surface area contributed by atoms with E-state index in [9.17, 15) is 25.0 Å². The summed E-state index contributed by atoms with van der Waals surface area (Å²) in [5.74, 6) is 0.839. The second-order valence-electron chi connectivity index (χ2n) is 8.99. The molecule has 0 radical (unpaired) electrons. The number of carbonyl (C=O) groups is 1. The number of furan rings is 1. The fourth-order valence-corrected chi connectivity index (χ4v) is 3.90. The Bertz CT molecular complexity index is 1590. The number of nitrogens with one attached hydrogen (secondary N) is 1. The molecule has 39 heavy (non-hydrogen) atoms. The van der Waals surface area contributed by atoms with Gasteiger partial charge in [0.2, 0.25) is 0 Å². The van der Waals surface area contributed by atoms with Gasteiger partial charge in [0, 0.05) is 23.8 Å². The maximum Gasteiger partial charge on any atom is 0.291 e. The first-order chi connectivity index (χ1) is 18.5. The average molecular weight is 532 g/mol. The van der Waals surface area contributed by atoms with Crippen LogP contribution in [-0.2, 0) is 6.61 Å². The molecule has 200 valence electrons. The molecule has 1 heterocycles. The minimum Gasteiger partial charge on any atom is -0.486 e. The molecule has 4 aromatic rings. The SMILES string of the molecule is Cc1cc(C)c(C)c(Oc2cc(NC(=O)c3ccc(COc4ccc([N+](=O)[O-])c(C)c4)o3)cc([N+](=O)[O-])c2)c1. The highest BCUT2D eigenvalue weighted by molar-refractivity contribution is 6.02. The zero-order valence-corrected chi connectivity index (χ0v) is 21.6. The number of hydrogen-bond donors (Lipinski definition) is 1. The fourth-order valence-electron chi connectivity index (χ4n) is 3.90. The number of amides is 1. The van der Waals surface area contributed by atoms with Crippen LogP contribution < -0.4 is 14.8 Å². The van der Waals surface area contributed by atoms with Crippen molar-refractivity contribution in [2.75, 3.05) is 5.32 Å². The van der Waals surface area contributed by atoms with E-state index in [1.807, 2.05) is 32.9 Å². The van der Waals surface area contributed by atoms with Crippen LogP contribution in [0.25, 0.3) is 0 Å². The van der Waals surface area contributed by atoms with E-state index in [2.05, 4.69) is 5.32 Å². The molecular formula is C28H25N3O8. The Morgan fingerprint density at radius 3 is 2.33 bits per heavy atom. The lowest BCUT2D eigenvalue weighted by Gasteiger charge is -2.13. The molecule has 0 bridgehead atoms. The summed E-state index contributed by atoms with van der Waals surface area (Å²) in [6, 6.07) is 15.2. The van der Waals surface area contributed by atoms with Gasteiger partial charge < -0.3 is 19.2 Å². The van der Waals surface area contributed by atoms with Crippen LogP contribution in [0.5, 0.6) is 17.2 Å². The van der Waals surface area contributed by atoms with Gasteiger partial charge in [0.15, 0.2) is 5.76 Å². The van der Waals surface area contributed by atoms with Crippen molar-refractivity contribution in [3.05, 3.63) is 115 Å². The molecule has 1 aromatic heterocycles. The predicted molar refractivity (Wildman–Crippen MR) is 143 cm³/mol. The van der Waals surface area contributed by atoms with Crippen molar-refractivity contribution in [1.29, 1.82) is 0 Å². The normalized spacial score (nSPS) is 10.7. The number of nitro benzene ring substituents is 2. The predicted octanol–water partition coefficient (Wildman–Crippen LogP) is 6.95. The van der Waals surface area contributed by atoms with Gasteiger partial charge in [-0.1, -0.05) is 6.07 Å². The van der Waals surface area contributed by atoms with E-state index in [0.717, 1.165) is 16.7 Å². The van der Waals surface area contributed by atoms with E-state index >= 15 is 0 Å². The zero-order valence-electron chi connectivity index (χ0n) is 21.6. The molecule has 0 spiro atoms. The van der Waals surface area contributed by atoms with Gasteiger partial charge >= 0.3 is 0 Å². The van der Waals surface area contributed by atoms with Gasteiger partial charge in [0.25, 0.3) is 17.3 Å². The number of nitrogens with zero attached hydrogens (tertiary/aromatic N) is 2. The Morgan fingerprint density at radius 2 is 1.64 bits per heavy atom. The summed E-state index contributed by atoms with van der Waals surface area (Å²) in [4.78, 5) is 34.3. The lowest BCUT2D eigenvalue weighted by Crippen LogP contribution is -2.11. The highest BCUT2D eigenvalue weighted by atomic mass is 16.6. The van der Waals surface area contributed by atoms with Gasteiger partial charge in [-0.3, -0.25) is 25.0 Å². The second kappa shape index (κ2) is 11.1. The van der Waals surface area contributed by atoms with Crippen molar-refractivity contribution in [3.8, 4) is 17.2 Å². The van der Waals surface area contributed by atoms with Crippen LogP contribution in [0.1, 0.15) is 38.6 Å². The number of rotatable bonds is 9. The van der Waals surface area contributed by atoms with E-state index < -0.39 is 15.8 Å². The van der Waals surface area contributed by atoms with Crippen molar-refractivity contribution >= 4 is 23.0 Å². The first kappa shape index (κ1) is 26.9. The largest absolute Gasteiger partial charge is 0.486 e. The van der Waals surface area contributed by atoms with Crippen LogP contribution in [0, 0.1) is 47.9 Å². The number of anilines is 1. The Morgan fingerprint density at radius 1 is 0.872 bits per heavy atom. The number of ether oxygens (including phenoxy) is 2. The molecule has 0 aliphatic rings. The molecular weight excluding hydrogens is 506 g/mol. The Labute approximate surface area is 223 Å². The summed E-state index contributed by atoms with van der Waals surface area (Å²) < 4.78 is 17.2. The standard InChI is InChI=1S/C28H25N3O8/c1-16-9-17(2)19(4)27(10-16)39-24-13-20(12-21(14-24)30(33)34)29-28(32)26-8-6-23(38-26)15-37-22-5-7-25(31(35)36)18(3)11-22/h5-14H,15H2,1-4H3,(H,29,32). The summed E-state index contributed by atoms with van der Waals surface area (Å²) in [6.45, 7) is 7.35. The summed E-state index contributed by atoms with van der Waals surface area (Å²) in [5.41, 5.74) is 3.23. The molecule has 0 aliphatic carbocycles. The molecule has 4 rings (SSSR count). The Kier molecular flexibility index (Phi) is 7.61. The maximum absolute atomic E-state index is 12.8. The van der Waals surface area contributed by atoms with E-state index in [1.165, 1.54) is 42.5 Å². The zero-order chi connectivity index (χ0) is 28.3. The topological polar surface area (TPSA) is 147 Å². The van der Waals surface area contributed by atoms with Gasteiger partial charge in [-0.15, -0.1) is 0 Å². The van der Waals surface area contributed by atoms with E-state index in [0.29, 0.717) is 22.8 Å².